The molecule has 0 saturated heterocycles. The lowest BCUT2D eigenvalue weighted by Crippen LogP contribution is -2.31. The fourth-order valence-electron chi connectivity index (χ4n) is 2.53. The molecule has 0 aromatic heterocycles. The molecule has 3 heteroatoms. The lowest BCUT2D eigenvalue weighted by atomic mass is 9.91. The lowest BCUT2D eigenvalue weighted by molar-refractivity contribution is 0.323. The molecule has 1 aromatic carbocycles. The van der Waals surface area contributed by atoms with Gasteiger partial charge in [-0.3, -0.25) is 0 Å². The Morgan fingerprint density at radius 2 is 1.79 bits per heavy atom. The number of anilines is 1. The number of hydrogen-bond acceptors (Lipinski definition) is 3. The van der Waals surface area contributed by atoms with Gasteiger partial charge in [-0.2, -0.15) is 0 Å². The van der Waals surface area contributed by atoms with Crippen LogP contribution in [0.3, 0.4) is 0 Å². The van der Waals surface area contributed by atoms with E-state index in [1.807, 2.05) is 19.9 Å². The van der Waals surface area contributed by atoms with Gasteiger partial charge in [0.2, 0.25) is 0 Å². The van der Waals surface area contributed by atoms with Gasteiger partial charge < -0.3 is 14.8 Å². The van der Waals surface area contributed by atoms with E-state index in [1.54, 1.807) is 0 Å². The van der Waals surface area contributed by atoms with E-state index in [2.05, 4.69) is 38.2 Å². The number of hydrogen-bond donors (Lipinski definition) is 1. The average molecular weight is 261 g/mol. The summed E-state index contributed by atoms with van der Waals surface area (Å²) in [4.78, 5) is 0. The molecule has 0 saturated carbocycles. The van der Waals surface area contributed by atoms with Gasteiger partial charge >= 0.3 is 0 Å². The van der Waals surface area contributed by atoms with Crippen LogP contribution in [0.1, 0.15) is 40.2 Å². The highest BCUT2D eigenvalue weighted by atomic mass is 16.5. The van der Waals surface area contributed by atoms with Crippen LogP contribution in [0, 0.1) is 0 Å². The van der Waals surface area contributed by atoms with E-state index in [0.29, 0.717) is 13.2 Å². The third kappa shape index (κ3) is 2.86. The predicted octanol–water partition coefficient (Wildman–Crippen LogP) is 4.09. The molecule has 1 N–H and O–H groups in total. The molecule has 1 aliphatic heterocycles. The summed E-state index contributed by atoms with van der Waals surface area (Å²) in [6, 6.07) is 4.04. The summed E-state index contributed by atoms with van der Waals surface area (Å²) < 4.78 is 11.4. The SMILES string of the molecule is CCOc1cc(OCC)c2c(c1)C(C)=CC(C)(C)N2. The molecule has 0 bridgehead atoms. The summed E-state index contributed by atoms with van der Waals surface area (Å²) in [6.07, 6.45) is 2.24. The van der Waals surface area contributed by atoms with Crippen molar-refractivity contribution in [2.24, 2.45) is 0 Å². The molecular weight excluding hydrogens is 238 g/mol. The quantitative estimate of drug-likeness (QED) is 0.885. The Morgan fingerprint density at radius 3 is 2.42 bits per heavy atom. The first-order valence-electron chi connectivity index (χ1n) is 6.88. The predicted molar refractivity (Wildman–Crippen MR) is 80.1 cm³/mol. The number of ether oxygens (including phenoxy) is 2. The number of rotatable bonds is 4. The Kier molecular flexibility index (Phi) is 3.74. The molecule has 0 aliphatic carbocycles. The highest BCUT2D eigenvalue weighted by Gasteiger charge is 2.26. The normalized spacial score (nSPS) is 16.2. The van der Waals surface area contributed by atoms with Crippen LogP contribution in [-0.4, -0.2) is 18.8 Å². The van der Waals surface area contributed by atoms with Gasteiger partial charge in [0.25, 0.3) is 0 Å². The molecule has 19 heavy (non-hydrogen) atoms. The molecule has 0 spiro atoms. The third-order valence-electron chi connectivity index (χ3n) is 3.14. The lowest BCUT2D eigenvalue weighted by Gasteiger charge is -2.32. The largest absolute Gasteiger partial charge is 0.494 e. The van der Waals surface area contributed by atoms with Crippen LogP contribution in [0.15, 0.2) is 18.2 Å². The van der Waals surface area contributed by atoms with Gasteiger partial charge in [0.05, 0.1) is 24.4 Å². The summed E-state index contributed by atoms with van der Waals surface area (Å²) in [6.45, 7) is 11.7. The summed E-state index contributed by atoms with van der Waals surface area (Å²) in [7, 11) is 0. The van der Waals surface area contributed by atoms with Crippen molar-refractivity contribution in [2.45, 2.75) is 40.2 Å². The molecule has 104 valence electrons. The van der Waals surface area contributed by atoms with Gasteiger partial charge in [0.15, 0.2) is 0 Å². The minimum absolute atomic E-state index is 0.0595. The Balaban J connectivity index is 2.54. The zero-order valence-electron chi connectivity index (χ0n) is 12.5. The summed E-state index contributed by atoms with van der Waals surface area (Å²) >= 11 is 0. The van der Waals surface area contributed by atoms with Crippen molar-refractivity contribution in [3.05, 3.63) is 23.8 Å². The fourth-order valence-corrected chi connectivity index (χ4v) is 2.53. The minimum Gasteiger partial charge on any atom is -0.494 e. The van der Waals surface area contributed by atoms with Gasteiger partial charge in [0, 0.05) is 11.6 Å². The standard InChI is InChI=1S/C16H23NO2/c1-6-18-12-8-13-11(3)10-16(4,5)17-15(13)14(9-12)19-7-2/h8-10,17H,6-7H2,1-5H3. The van der Waals surface area contributed by atoms with Crippen LogP contribution < -0.4 is 14.8 Å². The van der Waals surface area contributed by atoms with E-state index in [9.17, 15) is 0 Å². The van der Waals surface area contributed by atoms with Crippen LogP contribution in [0.2, 0.25) is 0 Å². The molecule has 0 unspecified atom stereocenters. The van der Waals surface area contributed by atoms with Gasteiger partial charge in [-0.1, -0.05) is 6.08 Å². The topological polar surface area (TPSA) is 30.5 Å². The van der Waals surface area contributed by atoms with E-state index in [1.165, 1.54) is 5.57 Å². The van der Waals surface area contributed by atoms with Crippen LogP contribution in [0.5, 0.6) is 11.5 Å². The smallest absolute Gasteiger partial charge is 0.146 e. The maximum Gasteiger partial charge on any atom is 0.146 e. The fraction of sp³-hybridized carbons (Fsp3) is 0.500. The number of allylic oxidation sites excluding steroid dienone is 1. The zero-order valence-corrected chi connectivity index (χ0v) is 12.5. The maximum absolute atomic E-state index is 5.76. The number of fused-ring (bicyclic) bond motifs is 1. The van der Waals surface area contributed by atoms with Gasteiger partial charge in [-0.05, 0) is 46.3 Å². The molecular formula is C16H23NO2. The summed E-state index contributed by atoms with van der Waals surface area (Å²) in [5.41, 5.74) is 3.42. The molecule has 1 aromatic rings. The second kappa shape index (κ2) is 5.16. The highest BCUT2D eigenvalue weighted by Crippen LogP contribution is 2.42. The van der Waals surface area contributed by atoms with Crippen LogP contribution in [0.4, 0.5) is 5.69 Å². The molecule has 3 nitrogen and oxygen atoms in total. The highest BCUT2D eigenvalue weighted by molar-refractivity contribution is 5.84. The van der Waals surface area contributed by atoms with Crippen LogP contribution >= 0.6 is 0 Å². The van der Waals surface area contributed by atoms with Crippen molar-refractivity contribution in [3.63, 3.8) is 0 Å². The Labute approximate surface area is 115 Å². The second-order valence-electron chi connectivity index (χ2n) is 5.38. The van der Waals surface area contributed by atoms with Crippen molar-refractivity contribution in [2.75, 3.05) is 18.5 Å². The molecule has 0 radical (unpaired) electrons. The van der Waals surface area contributed by atoms with Crippen molar-refractivity contribution in [3.8, 4) is 11.5 Å². The molecule has 1 aliphatic rings. The Bertz CT molecular complexity index is 504. The minimum atomic E-state index is -0.0595. The Hall–Kier alpha value is -1.64. The van der Waals surface area contributed by atoms with Crippen LogP contribution in [0.25, 0.3) is 5.57 Å². The van der Waals surface area contributed by atoms with Gasteiger partial charge in [-0.15, -0.1) is 0 Å². The average Bonchev–Trinajstić information content (AvgIpc) is 2.30. The first-order valence-corrected chi connectivity index (χ1v) is 6.88. The van der Waals surface area contributed by atoms with Gasteiger partial charge in [-0.25, -0.2) is 0 Å². The van der Waals surface area contributed by atoms with Crippen LogP contribution in [-0.2, 0) is 0 Å². The first-order chi connectivity index (χ1) is 8.96. The van der Waals surface area contributed by atoms with Crippen molar-refractivity contribution in [1.82, 2.24) is 0 Å². The number of nitrogens with one attached hydrogen (secondary N) is 1. The van der Waals surface area contributed by atoms with E-state index in [0.717, 1.165) is 22.7 Å². The van der Waals surface area contributed by atoms with E-state index in [4.69, 9.17) is 9.47 Å². The monoisotopic (exact) mass is 261 g/mol. The maximum atomic E-state index is 5.76. The summed E-state index contributed by atoms with van der Waals surface area (Å²) in [5.74, 6) is 1.72. The third-order valence-corrected chi connectivity index (χ3v) is 3.14. The molecule has 0 fully saturated rings. The summed E-state index contributed by atoms with van der Waals surface area (Å²) in [5, 5.41) is 3.53. The van der Waals surface area contributed by atoms with Crippen molar-refractivity contribution < 1.29 is 9.47 Å². The molecule has 2 rings (SSSR count). The van der Waals surface area contributed by atoms with E-state index < -0.39 is 0 Å². The molecule has 1 heterocycles. The zero-order chi connectivity index (χ0) is 14.0. The molecule has 0 amide bonds. The van der Waals surface area contributed by atoms with Crippen molar-refractivity contribution in [1.29, 1.82) is 0 Å². The number of benzene rings is 1. The first kappa shape index (κ1) is 13.8. The van der Waals surface area contributed by atoms with E-state index in [-0.39, 0.29) is 5.54 Å². The Morgan fingerprint density at radius 1 is 1.11 bits per heavy atom. The van der Waals surface area contributed by atoms with E-state index >= 15 is 0 Å². The molecule has 0 atom stereocenters. The van der Waals surface area contributed by atoms with Gasteiger partial charge in [0.1, 0.15) is 11.5 Å². The second-order valence-corrected chi connectivity index (χ2v) is 5.38. The van der Waals surface area contributed by atoms with Crippen molar-refractivity contribution >= 4 is 11.3 Å².